The van der Waals surface area contributed by atoms with Crippen LogP contribution in [-0.4, -0.2) is 20.5 Å². The van der Waals surface area contributed by atoms with Gasteiger partial charge in [-0.25, -0.2) is 4.98 Å². The van der Waals surface area contributed by atoms with Gasteiger partial charge in [-0.2, -0.15) is 0 Å². The number of para-hydroxylation sites is 1. The van der Waals surface area contributed by atoms with E-state index in [4.69, 9.17) is 0 Å². The van der Waals surface area contributed by atoms with Crippen LogP contribution in [0.4, 0.5) is 0 Å². The quantitative estimate of drug-likeness (QED) is 0.561. The Kier molecular flexibility index (Phi) is 5.02. The molecule has 1 fully saturated rings. The summed E-state index contributed by atoms with van der Waals surface area (Å²) in [5.74, 6) is 0.0355. The summed E-state index contributed by atoms with van der Waals surface area (Å²) >= 11 is 0. The van der Waals surface area contributed by atoms with Crippen molar-refractivity contribution in [1.82, 2.24) is 9.55 Å². The number of benzene rings is 2. The third kappa shape index (κ3) is 3.33. The summed E-state index contributed by atoms with van der Waals surface area (Å²) in [5.41, 5.74) is 1.03. The Morgan fingerprint density at radius 3 is 2.46 bits per heavy atom. The first kappa shape index (κ1) is 18.1. The van der Waals surface area contributed by atoms with Crippen LogP contribution < -0.4 is 11.0 Å². The summed E-state index contributed by atoms with van der Waals surface area (Å²) in [5, 5.41) is 13.3. The predicted molar refractivity (Wildman–Crippen MR) is 106 cm³/mol. The maximum Gasteiger partial charge on any atom is 0.299 e. The van der Waals surface area contributed by atoms with Gasteiger partial charge in [0, 0.05) is 16.9 Å². The van der Waals surface area contributed by atoms with Crippen molar-refractivity contribution < 1.29 is 10.0 Å². The van der Waals surface area contributed by atoms with Gasteiger partial charge in [-0.3, -0.25) is 14.2 Å². The van der Waals surface area contributed by atoms with Crippen LogP contribution in [0.1, 0.15) is 25.7 Å². The number of ketones is 1. The molecule has 0 bridgehead atoms. The zero-order chi connectivity index (χ0) is 19.5. The van der Waals surface area contributed by atoms with Crippen molar-refractivity contribution in [1.29, 1.82) is 0 Å². The molecular formula is C22H21N3O3. The smallest absolute Gasteiger partial charge is 0.299 e. The van der Waals surface area contributed by atoms with Gasteiger partial charge in [0.05, 0.1) is 17.8 Å². The van der Waals surface area contributed by atoms with Crippen LogP contribution >= 0.6 is 0 Å². The molecule has 4 rings (SSSR count). The monoisotopic (exact) mass is 375 g/mol. The normalized spacial score (nSPS) is 15.2. The number of nitrogens with zero attached hydrogens (tertiary/aromatic N) is 3. The first-order valence-electron chi connectivity index (χ1n) is 9.49. The van der Waals surface area contributed by atoms with Crippen LogP contribution in [0, 0.1) is 5.92 Å². The Hall–Kier alpha value is -3.28. The van der Waals surface area contributed by atoms with Gasteiger partial charge in [-0.05, 0) is 18.9 Å². The second-order valence-corrected chi connectivity index (χ2v) is 7.11. The highest BCUT2D eigenvalue weighted by Gasteiger charge is 2.24. The van der Waals surface area contributed by atoms with Crippen LogP contribution in [0.15, 0.2) is 64.5 Å². The topological polar surface area (TPSA) is 84.5 Å². The molecule has 0 saturated heterocycles. The average molecular weight is 375 g/mol. The molecule has 0 spiro atoms. The van der Waals surface area contributed by atoms with Crippen LogP contribution in [0.5, 0.6) is 0 Å². The van der Waals surface area contributed by atoms with Crippen molar-refractivity contribution in [2.45, 2.75) is 32.2 Å². The van der Waals surface area contributed by atoms with Crippen LogP contribution in [0.2, 0.25) is 0 Å². The van der Waals surface area contributed by atoms with Crippen molar-refractivity contribution in [2.24, 2.45) is 11.1 Å². The highest BCUT2D eigenvalue weighted by Crippen LogP contribution is 2.27. The molecule has 1 aliphatic carbocycles. The molecular weight excluding hydrogens is 354 g/mol. The standard InChI is InChI=1S/C22H21N3O3/c26-19(15-8-4-5-9-15)14-25-18-13-7-6-12-17(18)20(16-10-2-1-3-11-16)23-21(24-28)22(25)27/h1-3,6-7,10-13,15,28H,4-5,8-9,14H2. The molecule has 0 atom stereocenters. The molecule has 6 nitrogen and oxygen atoms in total. The van der Waals surface area contributed by atoms with Gasteiger partial charge in [0.2, 0.25) is 0 Å². The highest BCUT2D eigenvalue weighted by molar-refractivity contribution is 5.93. The van der Waals surface area contributed by atoms with E-state index < -0.39 is 5.56 Å². The molecule has 6 heteroatoms. The fourth-order valence-electron chi connectivity index (χ4n) is 3.92. The number of rotatable bonds is 4. The lowest BCUT2D eigenvalue weighted by Crippen LogP contribution is -2.36. The second-order valence-electron chi connectivity index (χ2n) is 7.11. The summed E-state index contributed by atoms with van der Waals surface area (Å²) in [6, 6.07) is 16.8. The van der Waals surface area contributed by atoms with E-state index >= 15 is 0 Å². The van der Waals surface area contributed by atoms with Gasteiger partial charge in [0.1, 0.15) is 0 Å². The summed E-state index contributed by atoms with van der Waals surface area (Å²) in [7, 11) is 0. The second kappa shape index (κ2) is 7.76. The summed E-state index contributed by atoms with van der Waals surface area (Å²) < 4.78 is 1.39. The molecule has 142 valence electrons. The molecule has 0 aliphatic heterocycles. The lowest BCUT2D eigenvalue weighted by Gasteiger charge is -2.11. The lowest BCUT2D eigenvalue weighted by atomic mass is 10.0. The van der Waals surface area contributed by atoms with E-state index in [1.165, 1.54) is 4.57 Å². The van der Waals surface area contributed by atoms with Crippen LogP contribution in [-0.2, 0) is 11.3 Å². The molecule has 1 aliphatic rings. The van der Waals surface area contributed by atoms with E-state index in [9.17, 15) is 14.8 Å². The zero-order valence-electron chi connectivity index (χ0n) is 15.4. The van der Waals surface area contributed by atoms with E-state index in [0.29, 0.717) is 11.2 Å². The SMILES string of the molecule is O=C(Cn1c(=O)c(=NO)nc(-c2ccccc2)c2ccccc21)C1CCCC1. The van der Waals surface area contributed by atoms with Gasteiger partial charge in [0.15, 0.2) is 5.78 Å². The number of hydrogen-bond acceptors (Lipinski definition) is 5. The van der Waals surface area contributed by atoms with Gasteiger partial charge in [-0.15, -0.1) is 0 Å². The first-order chi connectivity index (χ1) is 13.7. The third-order valence-corrected chi connectivity index (χ3v) is 5.37. The molecule has 1 heterocycles. The molecule has 3 aromatic rings. The maximum absolute atomic E-state index is 13.0. The fraction of sp³-hybridized carbons (Fsp3) is 0.273. The molecule has 1 N–H and O–H groups in total. The minimum absolute atomic E-state index is 0.00718. The van der Waals surface area contributed by atoms with Crippen molar-refractivity contribution in [3.8, 4) is 11.3 Å². The minimum atomic E-state index is -0.577. The molecule has 2 aromatic carbocycles. The summed E-state index contributed by atoms with van der Waals surface area (Å²) in [4.78, 5) is 30.2. The number of carbonyl (C=O) groups excluding carboxylic acids is 1. The van der Waals surface area contributed by atoms with Crippen LogP contribution in [0.25, 0.3) is 22.2 Å². The van der Waals surface area contributed by atoms with Gasteiger partial charge in [-0.1, -0.05) is 66.5 Å². The maximum atomic E-state index is 13.0. The van der Waals surface area contributed by atoms with E-state index in [-0.39, 0.29) is 23.7 Å². The number of Topliss-reactive ketones (excluding diaryl/α,β-unsaturated/α-hetero) is 1. The molecule has 0 radical (unpaired) electrons. The van der Waals surface area contributed by atoms with E-state index in [1.807, 2.05) is 48.5 Å². The van der Waals surface area contributed by atoms with Crippen molar-refractivity contribution in [3.05, 3.63) is 70.4 Å². The van der Waals surface area contributed by atoms with Gasteiger partial charge < -0.3 is 5.21 Å². The Morgan fingerprint density at radius 1 is 1.07 bits per heavy atom. The molecule has 28 heavy (non-hydrogen) atoms. The van der Waals surface area contributed by atoms with E-state index in [0.717, 1.165) is 36.6 Å². The highest BCUT2D eigenvalue weighted by atomic mass is 16.4. The average Bonchev–Trinajstić information content (AvgIpc) is 3.25. The summed E-state index contributed by atoms with van der Waals surface area (Å²) in [6.45, 7) is -0.0445. The van der Waals surface area contributed by atoms with Crippen molar-refractivity contribution >= 4 is 16.7 Å². The number of carbonyl (C=O) groups is 1. The molecule has 0 unspecified atom stereocenters. The van der Waals surface area contributed by atoms with E-state index in [1.54, 1.807) is 6.07 Å². The fourth-order valence-corrected chi connectivity index (χ4v) is 3.92. The summed E-state index contributed by atoms with van der Waals surface area (Å²) in [6.07, 6.45) is 3.83. The van der Waals surface area contributed by atoms with Gasteiger partial charge in [0.25, 0.3) is 11.0 Å². The Balaban J connectivity index is 1.99. The molecule has 0 amide bonds. The predicted octanol–water partition coefficient (Wildman–Crippen LogP) is 3.11. The zero-order valence-corrected chi connectivity index (χ0v) is 15.4. The van der Waals surface area contributed by atoms with Gasteiger partial charge >= 0.3 is 0 Å². The number of fused-ring (bicyclic) bond motifs is 1. The minimum Gasteiger partial charge on any atom is -0.409 e. The van der Waals surface area contributed by atoms with E-state index in [2.05, 4.69) is 10.1 Å². The van der Waals surface area contributed by atoms with Crippen molar-refractivity contribution in [2.75, 3.05) is 0 Å². The van der Waals surface area contributed by atoms with Crippen molar-refractivity contribution in [3.63, 3.8) is 0 Å². The Labute approximate surface area is 161 Å². The molecule has 1 aromatic heterocycles. The van der Waals surface area contributed by atoms with Crippen LogP contribution in [0.3, 0.4) is 0 Å². The first-order valence-corrected chi connectivity index (χ1v) is 9.49. The third-order valence-electron chi connectivity index (χ3n) is 5.37. The number of hydrogen-bond donors (Lipinski definition) is 1. The Bertz CT molecular complexity index is 1150. The lowest BCUT2D eigenvalue weighted by molar-refractivity contribution is -0.123. The number of aromatic nitrogens is 2. The largest absolute Gasteiger partial charge is 0.409 e. The molecule has 1 saturated carbocycles. The Morgan fingerprint density at radius 2 is 1.75 bits per heavy atom.